The van der Waals surface area contributed by atoms with Crippen LogP contribution in [0.25, 0.3) is 10.2 Å². The van der Waals surface area contributed by atoms with E-state index in [9.17, 15) is 24.5 Å². The number of hydrogen-bond acceptors (Lipinski definition) is 8. The van der Waals surface area contributed by atoms with Crippen molar-refractivity contribution >= 4 is 50.1 Å². The SMILES string of the molecule is O=C1c2cccc([N+](=O)[O-])c2C(=O)N1CC(=O)N(CC1CCCO1)c1nc2ccccc2s1. The molecule has 10 nitrogen and oxygen atoms in total. The number of fused-ring (bicyclic) bond motifs is 2. The van der Waals surface area contributed by atoms with E-state index in [4.69, 9.17) is 4.74 Å². The molecule has 5 rings (SSSR count). The quantitative estimate of drug-likeness (QED) is 0.311. The van der Waals surface area contributed by atoms with Crippen molar-refractivity contribution < 1.29 is 24.0 Å². The largest absolute Gasteiger partial charge is 0.376 e. The Hall–Kier alpha value is -3.70. The first-order valence-electron chi connectivity index (χ1n) is 10.3. The van der Waals surface area contributed by atoms with Crippen LogP contribution in [0.4, 0.5) is 10.8 Å². The van der Waals surface area contributed by atoms with Crippen molar-refractivity contribution in [3.8, 4) is 0 Å². The van der Waals surface area contributed by atoms with Gasteiger partial charge in [0.1, 0.15) is 12.1 Å². The summed E-state index contributed by atoms with van der Waals surface area (Å²) < 4.78 is 6.59. The monoisotopic (exact) mass is 466 g/mol. The number of carbonyl (C=O) groups excluding carboxylic acids is 3. The van der Waals surface area contributed by atoms with Crippen LogP contribution >= 0.6 is 11.3 Å². The van der Waals surface area contributed by atoms with Crippen LogP contribution in [0, 0.1) is 10.1 Å². The lowest BCUT2D eigenvalue weighted by Crippen LogP contribution is -2.45. The second-order valence-electron chi connectivity index (χ2n) is 7.76. The Bertz CT molecular complexity index is 1270. The Morgan fingerprint density at radius 2 is 2.03 bits per heavy atom. The average molecular weight is 466 g/mol. The number of benzene rings is 2. The molecule has 33 heavy (non-hydrogen) atoms. The fraction of sp³-hybridized carbons (Fsp3) is 0.273. The molecule has 1 saturated heterocycles. The fourth-order valence-electron chi connectivity index (χ4n) is 4.09. The molecule has 11 heteroatoms. The van der Waals surface area contributed by atoms with Gasteiger partial charge < -0.3 is 4.74 Å². The van der Waals surface area contributed by atoms with E-state index in [1.54, 1.807) is 0 Å². The van der Waals surface area contributed by atoms with Gasteiger partial charge in [-0.15, -0.1) is 0 Å². The minimum Gasteiger partial charge on any atom is -0.376 e. The summed E-state index contributed by atoms with van der Waals surface area (Å²) in [7, 11) is 0. The molecule has 3 aromatic rings. The Morgan fingerprint density at radius 3 is 2.76 bits per heavy atom. The van der Waals surface area contributed by atoms with Crippen LogP contribution in [0.15, 0.2) is 42.5 Å². The molecule has 0 saturated carbocycles. The van der Waals surface area contributed by atoms with Gasteiger partial charge in [-0.25, -0.2) is 4.98 Å². The van der Waals surface area contributed by atoms with E-state index in [0.29, 0.717) is 11.7 Å². The van der Waals surface area contributed by atoms with E-state index in [1.807, 2.05) is 24.3 Å². The van der Waals surface area contributed by atoms with Crippen molar-refractivity contribution in [3.63, 3.8) is 0 Å². The third-order valence-corrected chi connectivity index (χ3v) is 6.75. The second-order valence-corrected chi connectivity index (χ2v) is 8.77. The summed E-state index contributed by atoms with van der Waals surface area (Å²) in [5.74, 6) is -2.09. The third kappa shape index (κ3) is 3.74. The minimum absolute atomic E-state index is 0.0762. The molecular weight excluding hydrogens is 448 g/mol. The Labute approximate surface area is 191 Å². The van der Waals surface area contributed by atoms with E-state index >= 15 is 0 Å². The standard InChI is InChI=1S/C22H18N4O6S/c27-18(12-25-20(28)14-6-3-8-16(26(30)31)19(14)21(25)29)24(11-13-5-4-10-32-13)22-23-15-7-1-2-9-17(15)33-22/h1-3,6-9,13H,4-5,10-12H2. The predicted molar refractivity (Wildman–Crippen MR) is 119 cm³/mol. The Kier molecular flexibility index (Phi) is 5.35. The van der Waals surface area contributed by atoms with Crippen LogP contribution in [0.2, 0.25) is 0 Å². The summed E-state index contributed by atoms with van der Waals surface area (Å²) >= 11 is 1.33. The molecule has 1 aromatic heterocycles. The molecule has 0 N–H and O–H groups in total. The molecule has 2 aromatic carbocycles. The maximum absolute atomic E-state index is 13.4. The number of nitrogens with zero attached hydrogens (tertiary/aromatic N) is 4. The van der Waals surface area contributed by atoms with Gasteiger partial charge >= 0.3 is 0 Å². The number of thiazole rings is 1. The Morgan fingerprint density at radius 1 is 1.21 bits per heavy atom. The lowest BCUT2D eigenvalue weighted by Gasteiger charge is -2.25. The molecule has 3 heterocycles. The first kappa shape index (κ1) is 21.2. The predicted octanol–water partition coefficient (Wildman–Crippen LogP) is 3.01. The second kappa shape index (κ2) is 8.34. The summed E-state index contributed by atoms with van der Waals surface area (Å²) in [6.07, 6.45) is 1.49. The van der Waals surface area contributed by atoms with Gasteiger partial charge in [-0.3, -0.25) is 34.3 Å². The molecule has 2 aliphatic rings. The van der Waals surface area contributed by atoms with Gasteiger partial charge in [0, 0.05) is 12.7 Å². The van der Waals surface area contributed by atoms with Gasteiger partial charge in [-0.2, -0.15) is 0 Å². The van der Waals surface area contributed by atoms with E-state index in [0.717, 1.165) is 28.0 Å². The van der Waals surface area contributed by atoms with Crippen molar-refractivity contribution in [2.45, 2.75) is 18.9 Å². The van der Waals surface area contributed by atoms with E-state index in [2.05, 4.69) is 4.98 Å². The summed E-state index contributed by atoms with van der Waals surface area (Å²) in [6.45, 7) is 0.294. The molecule has 0 aliphatic carbocycles. The summed E-state index contributed by atoms with van der Waals surface area (Å²) in [6, 6.07) is 11.3. The van der Waals surface area contributed by atoms with Gasteiger partial charge in [-0.05, 0) is 31.0 Å². The molecule has 0 radical (unpaired) electrons. The zero-order valence-corrected chi connectivity index (χ0v) is 18.1. The molecule has 1 fully saturated rings. The molecular formula is C22H18N4O6S. The highest BCUT2D eigenvalue weighted by atomic mass is 32.1. The highest BCUT2D eigenvalue weighted by Crippen LogP contribution is 2.32. The number of ether oxygens (including phenoxy) is 1. The molecule has 0 spiro atoms. The van der Waals surface area contributed by atoms with Crippen LogP contribution in [-0.2, 0) is 9.53 Å². The lowest BCUT2D eigenvalue weighted by atomic mass is 10.1. The number of hydrogen-bond donors (Lipinski definition) is 0. The smallest absolute Gasteiger partial charge is 0.282 e. The lowest BCUT2D eigenvalue weighted by molar-refractivity contribution is -0.385. The highest BCUT2D eigenvalue weighted by molar-refractivity contribution is 7.22. The molecule has 3 amide bonds. The summed E-state index contributed by atoms with van der Waals surface area (Å²) in [5, 5.41) is 11.8. The van der Waals surface area contributed by atoms with Crippen LogP contribution in [0.3, 0.4) is 0 Å². The number of carbonyl (C=O) groups is 3. The van der Waals surface area contributed by atoms with Gasteiger partial charge in [0.25, 0.3) is 17.5 Å². The van der Waals surface area contributed by atoms with Gasteiger partial charge in [0.2, 0.25) is 5.91 Å². The number of para-hydroxylation sites is 1. The number of rotatable bonds is 6. The fourth-order valence-corrected chi connectivity index (χ4v) is 5.08. The minimum atomic E-state index is -0.850. The maximum Gasteiger partial charge on any atom is 0.282 e. The molecule has 1 atom stereocenters. The zero-order valence-electron chi connectivity index (χ0n) is 17.3. The number of aromatic nitrogens is 1. The van der Waals surface area contributed by atoms with E-state index in [-0.39, 0.29) is 23.8 Å². The van der Waals surface area contributed by atoms with Crippen molar-refractivity contribution in [1.82, 2.24) is 9.88 Å². The summed E-state index contributed by atoms with van der Waals surface area (Å²) in [5.41, 5.74) is -0.0826. The van der Waals surface area contributed by atoms with Crippen molar-refractivity contribution in [1.29, 1.82) is 0 Å². The van der Waals surface area contributed by atoms with Gasteiger partial charge in [-0.1, -0.05) is 29.5 Å². The number of anilines is 1. The van der Waals surface area contributed by atoms with Crippen LogP contribution < -0.4 is 4.90 Å². The number of nitro groups is 1. The number of nitro benzene ring substituents is 1. The molecule has 1 unspecified atom stereocenters. The Balaban J connectivity index is 1.45. The van der Waals surface area contributed by atoms with Crippen LogP contribution in [0.1, 0.15) is 33.6 Å². The van der Waals surface area contributed by atoms with Crippen molar-refractivity contribution in [2.75, 3.05) is 24.6 Å². The van der Waals surface area contributed by atoms with Crippen molar-refractivity contribution in [3.05, 3.63) is 63.7 Å². The van der Waals surface area contributed by atoms with Gasteiger partial charge in [0.05, 0.1) is 33.4 Å². The maximum atomic E-state index is 13.4. The van der Waals surface area contributed by atoms with Crippen LogP contribution in [0.5, 0.6) is 0 Å². The molecule has 2 aliphatic heterocycles. The first-order chi connectivity index (χ1) is 15.9. The van der Waals surface area contributed by atoms with E-state index in [1.165, 1.54) is 34.4 Å². The topological polar surface area (TPSA) is 123 Å². The third-order valence-electron chi connectivity index (χ3n) is 5.69. The number of imide groups is 1. The molecule has 0 bridgehead atoms. The zero-order chi connectivity index (χ0) is 23.1. The average Bonchev–Trinajstić information content (AvgIpc) is 3.53. The first-order valence-corrected chi connectivity index (χ1v) is 11.2. The number of amides is 3. The van der Waals surface area contributed by atoms with E-state index < -0.39 is 34.9 Å². The van der Waals surface area contributed by atoms with Crippen molar-refractivity contribution in [2.24, 2.45) is 0 Å². The van der Waals surface area contributed by atoms with Crippen LogP contribution in [-0.4, -0.2) is 58.3 Å². The molecule has 168 valence electrons. The van der Waals surface area contributed by atoms with Gasteiger partial charge in [0.15, 0.2) is 5.13 Å². The summed E-state index contributed by atoms with van der Waals surface area (Å²) in [4.78, 5) is 56.5. The normalized spacial score (nSPS) is 17.6. The highest BCUT2D eigenvalue weighted by Gasteiger charge is 2.42.